The predicted molar refractivity (Wildman–Crippen MR) is 47.8 cm³/mol. The molecule has 0 aliphatic rings. The standard InChI is InChI=1S/C9H6ClF5O/c1-4-2-3-5(10)6(9(13,14)15)7(4)16-8(11)12/h2-3,8H,1H3. The van der Waals surface area contributed by atoms with Gasteiger partial charge in [-0.2, -0.15) is 22.0 Å². The van der Waals surface area contributed by atoms with Crippen molar-refractivity contribution in [3.05, 3.63) is 28.3 Å². The van der Waals surface area contributed by atoms with Crippen molar-refractivity contribution in [3.8, 4) is 5.75 Å². The Morgan fingerprint density at radius 1 is 1.25 bits per heavy atom. The fourth-order valence-corrected chi connectivity index (χ4v) is 1.42. The number of alkyl halides is 5. The van der Waals surface area contributed by atoms with E-state index in [0.717, 1.165) is 6.07 Å². The Balaban J connectivity index is 3.37. The quantitative estimate of drug-likeness (QED) is 0.722. The summed E-state index contributed by atoms with van der Waals surface area (Å²) in [4.78, 5) is 0. The highest BCUT2D eigenvalue weighted by atomic mass is 35.5. The predicted octanol–water partition coefficient (Wildman–Crippen LogP) is 4.27. The number of hydrogen-bond donors (Lipinski definition) is 0. The van der Waals surface area contributed by atoms with Crippen LogP contribution in [0.1, 0.15) is 11.1 Å². The average molecular weight is 261 g/mol. The summed E-state index contributed by atoms with van der Waals surface area (Å²) < 4.78 is 65.4. The average Bonchev–Trinajstić information content (AvgIpc) is 2.08. The largest absolute Gasteiger partial charge is 0.434 e. The maximum absolute atomic E-state index is 12.5. The number of benzene rings is 1. The Kier molecular flexibility index (Phi) is 3.62. The van der Waals surface area contributed by atoms with Gasteiger partial charge in [0.15, 0.2) is 0 Å². The number of rotatable bonds is 2. The third kappa shape index (κ3) is 2.75. The van der Waals surface area contributed by atoms with E-state index in [2.05, 4.69) is 4.74 Å². The fraction of sp³-hybridized carbons (Fsp3) is 0.333. The van der Waals surface area contributed by atoms with Crippen molar-refractivity contribution in [1.82, 2.24) is 0 Å². The van der Waals surface area contributed by atoms with Crippen molar-refractivity contribution in [2.45, 2.75) is 19.7 Å². The van der Waals surface area contributed by atoms with Gasteiger partial charge in [-0.1, -0.05) is 17.7 Å². The molecule has 90 valence electrons. The van der Waals surface area contributed by atoms with Gasteiger partial charge in [-0.3, -0.25) is 0 Å². The fourth-order valence-electron chi connectivity index (χ4n) is 1.17. The highest BCUT2D eigenvalue weighted by Gasteiger charge is 2.38. The molecule has 0 heterocycles. The molecular formula is C9H6ClF5O. The Morgan fingerprint density at radius 2 is 1.81 bits per heavy atom. The van der Waals surface area contributed by atoms with E-state index in [1.165, 1.54) is 13.0 Å². The molecule has 0 radical (unpaired) electrons. The molecular weight excluding hydrogens is 255 g/mol. The topological polar surface area (TPSA) is 9.23 Å². The van der Waals surface area contributed by atoms with Crippen LogP contribution < -0.4 is 4.74 Å². The Morgan fingerprint density at radius 3 is 2.25 bits per heavy atom. The van der Waals surface area contributed by atoms with E-state index in [1.807, 2.05) is 0 Å². The lowest BCUT2D eigenvalue weighted by atomic mass is 10.1. The van der Waals surface area contributed by atoms with Gasteiger partial charge in [0.25, 0.3) is 0 Å². The summed E-state index contributed by atoms with van der Waals surface area (Å²) in [7, 11) is 0. The van der Waals surface area contributed by atoms with Gasteiger partial charge in [0.1, 0.15) is 11.3 Å². The molecule has 0 amide bonds. The van der Waals surface area contributed by atoms with Gasteiger partial charge < -0.3 is 4.74 Å². The smallest absolute Gasteiger partial charge is 0.421 e. The summed E-state index contributed by atoms with van der Waals surface area (Å²) in [6.07, 6.45) is -4.84. The van der Waals surface area contributed by atoms with Crippen LogP contribution in [0.15, 0.2) is 12.1 Å². The highest BCUT2D eigenvalue weighted by molar-refractivity contribution is 6.31. The van der Waals surface area contributed by atoms with Crippen molar-refractivity contribution in [3.63, 3.8) is 0 Å². The summed E-state index contributed by atoms with van der Waals surface area (Å²) in [6, 6.07) is 2.16. The van der Waals surface area contributed by atoms with Crippen LogP contribution in [-0.2, 0) is 6.18 Å². The summed E-state index contributed by atoms with van der Waals surface area (Å²) in [5.74, 6) is -0.935. The molecule has 1 aromatic carbocycles. The Labute approximate surface area is 92.8 Å². The van der Waals surface area contributed by atoms with E-state index in [0.29, 0.717) is 0 Å². The number of ether oxygens (including phenoxy) is 1. The Bertz CT molecular complexity index is 388. The molecule has 0 saturated heterocycles. The lowest BCUT2D eigenvalue weighted by Gasteiger charge is -2.16. The molecule has 0 atom stereocenters. The van der Waals surface area contributed by atoms with E-state index in [9.17, 15) is 22.0 Å². The zero-order valence-corrected chi connectivity index (χ0v) is 8.66. The molecule has 0 aliphatic heterocycles. The molecule has 1 nitrogen and oxygen atoms in total. The van der Waals surface area contributed by atoms with Gasteiger partial charge in [0, 0.05) is 0 Å². The molecule has 0 N–H and O–H groups in total. The third-order valence-corrected chi connectivity index (χ3v) is 2.11. The molecule has 0 fully saturated rings. The first kappa shape index (κ1) is 13.0. The van der Waals surface area contributed by atoms with Crippen LogP contribution in [-0.4, -0.2) is 6.61 Å². The molecule has 0 aromatic heterocycles. The van der Waals surface area contributed by atoms with Crippen LogP contribution in [0.3, 0.4) is 0 Å². The van der Waals surface area contributed by atoms with Gasteiger partial charge in [0.05, 0.1) is 5.02 Å². The van der Waals surface area contributed by atoms with E-state index in [4.69, 9.17) is 11.6 Å². The van der Waals surface area contributed by atoms with E-state index in [-0.39, 0.29) is 5.56 Å². The van der Waals surface area contributed by atoms with Crippen molar-refractivity contribution >= 4 is 11.6 Å². The minimum Gasteiger partial charge on any atom is -0.434 e. The molecule has 7 heteroatoms. The van der Waals surface area contributed by atoms with Crippen LogP contribution in [0.5, 0.6) is 5.75 Å². The zero-order valence-electron chi connectivity index (χ0n) is 7.91. The minimum absolute atomic E-state index is 0.0583. The normalized spacial score (nSPS) is 12.0. The second-order valence-corrected chi connectivity index (χ2v) is 3.35. The molecule has 16 heavy (non-hydrogen) atoms. The summed E-state index contributed by atoms with van der Waals surface area (Å²) in [5.41, 5.74) is -1.44. The first-order valence-electron chi connectivity index (χ1n) is 4.04. The van der Waals surface area contributed by atoms with Gasteiger partial charge >= 0.3 is 12.8 Å². The SMILES string of the molecule is Cc1ccc(Cl)c(C(F)(F)F)c1OC(F)F. The second kappa shape index (κ2) is 4.45. The molecule has 0 unspecified atom stereocenters. The third-order valence-electron chi connectivity index (χ3n) is 1.79. The Hall–Kier alpha value is -1.04. The number of aryl methyl sites for hydroxylation is 1. The van der Waals surface area contributed by atoms with Gasteiger partial charge in [0.2, 0.25) is 0 Å². The number of halogens is 6. The summed E-state index contributed by atoms with van der Waals surface area (Å²) >= 11 is 5.32. The molecule has 0 spiro atoms. The van der Waals surface area contributed by atoms with E-state index in [1.54, 1.807) is 0 Å². The van der Waals surface area contributed by atoms with Gasteiger partial charge in [-0.15, -0.1) is 0 Å². The minimum atomic E-state index is -4.84. The van der Waals surface area contributed by atoms with Crippen LogP contribution >= 0.6 is 11.6 Å². The second-order valence-electron chi connectivity index (χ2n) is 2.94. The van der Waals surface area contributed by atoms with Crippen LogP contribution in [0, 0.1) is 6.92 Å². The highest BCUT2D eigenvalue weighted by Crippen LogP contribution is 2.43. The maximum Gasteiger partial charge on any atom is 0.421 e. The summed E-state index contributed by atoms with van der Waals surface area (Å²) in [5, 5.41) is -0.672. The maximum atomic E-state index is 12.5. The van der Waals surface area contributed by atoms with Gasteiger partial charge in [-0.05, 0) is 18.6 Å². The van der Waals surface area contributed by atoms with Gasteiger partial charge in [-0.25, -0.2) is 0 Å². The number of hydrogen-bond acceptors (Lipinski definition) is 1. The molecule has 0 aliphatic carbocycles. The molecule has 1 aromatic rings. The zero-order chi connectivity index (χ0) is 12.5. The monoisotopic (exact) mass is 260 g/mol. The van der Waals surface area contributed by atoms with Crippen molar-refractivity contribution in [2.24, 2.45) is 0 Å². The van der Waals surface area contributed by atoms with Crippen LogP contribution in [0.2, 0.25) is 5.02 Å². The van der Waals surface area contributed by atoms with Crippen molar-refractivity contribution in [2.75, 3.05) is 0 Å². The van der Waals surface area contributed by atoms with Crippen molar-refractivity contribution in [1.29, 1.82) is 0 Å². The lowest BCUT2D eigenvalue weighted by molar-refractivity contribution is -0.141. The van der Waals surface area contributed by atoms with E-state index < -0.39 is 29.1 Å². The molecule has 0 saturated carbocycles. The van der Waals surface area contributed by atoms with Crippen molar-refractivity contribution < 1.29 is 26.7 Å². The first-order valence-corrected chi connectivity index (χ1v) is 4.42. The summed E-state index contributed by atoms with van der Waals surface area (Å²) in [6.45, 7) is -2.11. The van der Waals surface area contributed by atoms with Crippen LogP contribution in [0.4, 0.5) is 22.0 Å². The lowest BCUT2D eigenvalue weighted by Crippen LogP contribution is -2.13. The molecule has 1 rings (SSSR count). The molecule has 0 bridgehead atoms. The first-order chi connectivity index (χ1) is 7.23. The van der Waals surface area contributed by atoms with E-state index >= 15 is 0 Å². The van der Waals surface area contributed by atoms with Crippen LogP contribution in [0.25, 0.3) is 0 Å².